The molecule has 2 aromatic rings. The van der Waals surface area contributed by atoms with Gasteiger partial charge in [-0.25, -0.2) is 4.79 Å². The monoisotopic (exact) mass is 312 g/mol. The molecule has 0 aliphatic rings. The number of hydrogen-bond acceptors (Lipinski definition) is 3. The second kappa shape index (κ2) is 6.29. The average Bonchev–Trinajstić information content (AvgIpc) is 2.47. The lowest BCUT2D eigenvalue weighted by Gasteiger charge is -2.10. The van der Waals surface area contributed by atoms with Gasteiger partial charge in [-0.05, 0) is 23.8 Å². The van der Waals surface area contributed by atoms with E-state index in [-0.39, 0.29) is 6.54 Å². The van der Waals surface area contributed by atoms with Crippen molar-refractivity contribution in [2.45, 2.75) is 12.7 Å². The Morgan fingerprint density at radius 3 is 2.59 bits per heavy atom. The number of anilines is 1. The van der Waals surface area contributed by atoms with E-state index in [9.17, 15) is 22.8 Å². The van der Waals surface area contributed by atoms with E-state index in [0.29, 0.717) is 12.3 Å². The van der Waals surface area contributed by atoms with Crippen LogP contribution in [0.1, 0.15) is 11.1 Å². The molecule has 2 amide bonds. The van der Waals surface area contributed by atoms with Gasteiger partial charge in [0.1, 0.15) is 5.69 Å². The summed E-state index contributed by atoms with van der Waals surface area (Å²) in [5.41, 5.74) is -1.62. The molecule has 0 atom stereocenters. The quantitative estimate of drug-likeness (QED) is 0.811. The van der Waals surface area contributed by atoms with E-state index in [4.69, 9.17) is 0 Å². The Balaban J connectivity index is 2.04. The average molecular weight is 312 g/mol. The fraction of sp³-hybridized carbons (Fsp3) is 0.154. The fourth-order valence-electron chi connectivity index (χ4n) is 1.59. The predicted octanol–water partition coefficient (Wildman–Crippen LogP) is 2.11. The maximum atomic E-state index is 12.6. The lowest BCUT2D eigenvalue weighted by atomic mass is 10.2. The van der Waals surface area contributed by atoms with Crippen molar-refractivity contribution in [3.8, 4) is 0 Å². The first-order valence-electron chi connectivity index (χ1n) is 6.10. The van der Waals surface area contributed by atoms with Crippen molar-refractivity contribution in [1.82, 2.24) is 15.3 Å². The Bertz CT molecular complexity index is 713. The summed E-state index contributed by atoms with van der Waals surface area (Å²) in [5, 5.41) is 4.50. The van der Waals surface area contributed by atoms with Gasteiger partial charge >= 0.3 is 12.2 Å². The van der Waals surface area contributed by atoms with Gasteiger partial charge in [0.15, 0.2) is 0 Å². The Morgan fingerprint density at radius 2 is 1.95 bits per heavy atom. The third-order valence-electron chi connectivity index (χ3n) is 2.68. The zero-order chi connectivity index (χ0) is 16.2. The number of H-pyrrole nitrogens is 1. The summed E-state index contributed by atoms with van der Waals surface area (Å²) in [5.74, 6) is 0. The third kappa shape index (κ3) is 4.08. The second-order valence-electron chi connectivity index (χ2n) is 4.29. The summed E-state index contributed by atoms with van der Waals surface area (Å²) < 4.78 is 37.7. The van der Waals surface area contributed by atoms with Crippen molar-refractivity contribution in [3.63, 3.8) is 0 Å². The van der Waals surface area contributed by atoms with Crippen LogP contribution in [0, 0.1) is 0 Å². The molecule has 0 aliphatic carbocycles. The summed E-state index contributed by atoms with van der Waals surface area (Å²) in [7, 11) is 0. The normalized spacial score (nSPS) is 11.0. The SMILES string of the molecule is O=C(NCc1ccncc1)Nc1cc(C(F)(F)F)c[nH]c1=O. The molecule has 0 fully saturated rings. The van der Waals surface area contributed by atoms with Crippen LogP contribution in [0.15, 0.2) is 41.6 Å². The molecule has 0 bridgehead atoms. The molecule has 6 nitrogen and oxygen atoms in total. The largest absolute Gasteiger partial charge is 0.417 e. The highest BCUT2D eigenvalue weighted by atomic mass is 19.4. The molecule has 0 saturated carbocycles. The lowest BCUT2D eigenvalue weighted by Crippen LogP contribution is -2.31. The first kappa shape index (κ1) is 15.5. The number of carbonyl (C=O) groups is 1. The van der Waals surface area contributed by atoms with Crippen LogP contribution in [0.5, 0.6) is 0 Å². The zero-order valence-electron chi connectivity index (χ0n) is 11.1. The van der Waals surface area contributed by atoms with Crippen LogP contribution in [-0.2, 0) is 12.7 Å². The van der Waals surface area contributed by atoms with E-state index in [1.165, 1.54) is 12.4 Å². The molecule has 2 heterocycles. The maximum absolute atomic E-state index is 12.6. The van der Waals surface area contributed by atoms with Gasteiger partial charge in [-0.15, -0.1) is 0 Å². The molecule has 0 spiro atoms. The molecule has 2 aromatic heterocycles. The first-order chi connectivity index (χ1) is 10.4. The Labute approximate surface area is 122 Å². The van der Waals surface area contributed by atoms with Gasteiger partial charge in [0, 0.05) is 25.1 Å². The number of rotatable bonds is 3. The van der Waals surface area contributed by atoms with Crippen LogP contribution in [0.3, 0.4) is 0 Å². The minimum atomic E-state index is -4.62. The van der Waals surface area contributed by atoms with Crippen LogP contribution in [-0.4, -0.2) is 16.0 Å². The van der Waals surface area contributed by atoms with Crippen LogP contribution in [0.25, 0.3) is 0 Å². The Hall–Kier alpha value is -2.84. The molecule has 116 valence electrons. The summed E-state index contributed by atoms with van der Waals surface area (Å²) in [6.45, 7) is 0.144. The summed E-state index contributed by atoms with van der Waals surface area (Å²) in [4.78, 5) is 28.8. The fourth-order valence-corrected chi connectivity index (χ4v) is 1.59. The molecule has 22 heavy (non-hydrogen) atoms. The van der Waals surface area contributed by atoms with E-state index in [1.807, 2.05) is 4.98 Å². The van der Waals surface area contributed by atoms with Crippen LogP contribution in [0.2, 0.25) is 0 Å². The van der Waals surface area contributed by atoms with Crippen LogP contribution < -0.4 is 16.2 Å². The van der Waals surface area contributed by atoms with Gasteiger partial charge in [-0.1, -0.05) is 0 Å². The van der Waals surface area contributed by atoms with E-state index in [2.05, 4.69) is 15.6 Å². The van der Waals surface area contributed by atoms with E-state index >= 15 is 0 Å². The molecule has 9 heteroatoms. The van der Waals surface area contributed by atoms with Crippen molar-refractivity contribution in [2.75, 3.05) is 5.32 Å². The topological polar surface area (TPSA) is 86.9 Å². The molecule has 3 N–H and O–H groups in total. The van der Waals surface area contributed by atoms with Crippen molar-refractivity contribution in [3.05, 3.63) is 58.3 Å². The third-order valence-corrected chi connectivity index (χ3v) is 2.68. The lowest BCUT2D eigenvalue weighted by molar-refractivity contribution is -0.137. The van der Waals surface area contributed by atoms with Crippen LogP contribution >= 0.6 is 0 Å². The number of hydrogen-bond donors (Lipinski definition) is 3. The minimum Gasteiger partial charge on any atom is -0.334 e. The summed E-state index contributed by atoms with van der Waals surface area (Å²) in [6, 6.07) is 3.11. The highest BCUT2D eigenvalue weighted by Gasteiger charge is 2.31. The summed E-state index contributed by atoms with van der Waals surface area (Å²) in [6.07, 6.45) is -1.00. The van der Waals surface area contributed by atoms with Gasteiger partial charge < -0.3 is 15.6 Å². The molecule has 0 aliphatic heterocycles. The van der Waals surface area contributed by atoms with Gasteiger partial charge in [-0.2, -0.15) is 13.2 Å². The van der Waals surface area contributed by atoms with Crippen LogP contribution in [0.4, 0.5) is 23.7 Å². The highest BCUT2D eigenvalue weighted by molar-refractivity contribution is 5.89. The predicted molar refractivity (Wildman–Crippen MR) is 72.2 cm³/mol. The first-order valence-corrected chi connectivity index (χ1v) is 6.10. The standard InChI is InChI=1S/C13H11F3N4O2/c14-13(15,16)9-5-10(11(21)18-7-9)20-12(22)19-6-8-1-3-17-4-2-8/h1-5,7H,6H2,(H,18,21)(H2,19,20,22). The van der Waals surface area contributed by atoms with Gasteiger partial charge in [0.25, 0.3) is 5.56 Å². The van der Waals surface area contributed by atoms with E-state index in [1.54, 1.807) is 12.1 Å². The number of nitrogens with one attached hydrogen (secondary N) is 3. The molecule has 0 saturated heterocycles. The van der Waals surface area contributed by atoms with Crippen molar-refractivity contribution < 1.29 is 18.0 Å². The van der Waals surface area contributed by atoms with E-state index in [0.717, 1.165) is 5.56 Å². The second-order valence-corrected chi connectivity index (χ2v) is 4.29. The minimum absolute atomic E-state index is 0.144. The highest BCUT2D eigenvalue weighted by Crippen LogP contribution is 2.29. The van der Waals surface area contributed by atoms with E-state index < -0.39 is 29.0 Å². The van der Waals surface area contributed by atoms with Gasteiger partial charge in [0.2, 0.25) is 0 Å². The molecule has 0 radical (unpaired) electrons. The number of pyridine rings is 2. The molecular weight excluding hydrogens is 301 g/mol. The zero-order valence-corrected chi connectivity index (χ0v) is 11.1. The number of carbonyl (C=O) groups excluding carboxylic acids is 1. The number of amides is 2. The smallest absolute Gasteiger partial charge is 0.334 e. The molecule has 2 rings (SSSR count). The number of aromatic nitrogens is 2. The molecule has 0 aromatic carbocycles. The van der Waals surface area contributed by atoms with Crippen molar-refractivity contribution in [1.29, 1.82) is 0 Å². The number of urea groups is 1. The number of nitrogens with zero attached hydrogens (tertiary/aromatic N) is 1. The maximum Gasteiger partial charge on any atom is 0.417 e. The van der Waals surface area contributed by atoms with Gasteiger partial charge in [0.05, 0.1) is 5.56 Å². The Morgan fingerprint density at radius 1 is 1.27 bits per heavy atom. The molecule has 0 unspecified atom stereocenters. The number of halogens is 3. The van der Waals surface area contributed by atoms with Gasteiger partial charge in [-0.3, -0.25) is 9.78 Å². The Kier molecular flexibility index (Phi) is 4.44. The van der Waals surface area contributed by atoms with Crippen molar-refractivity contribution >= 4 is 11.7 Å². The summed E-state index contributed by atoms with van der Waals surface area (Å²) >= 11 is 0. The molecular formula is C13H11F3N4O2. The van der Waals surface area contributed by atoms with Crippen molar-refractivity contribution in [2.24, 2.45) is 0 Å². The number of alkyl halides is 3. The number of aromatic amines is 1.